The molecule has 0 aliphatic rings. The lowest BCUT2D eigenvalue weighted by Crippen LogP contribution is -1.97. The van der Waals surface area contributed by atoms with Crippen LogP contribution in [0.3, 0.4) is 0 Å². The van der Waals surface area contributed by atoms with Gasteiger partial charge in [-0.3, -0.25) is 0 Å². The Bertz CT molecular complexity index is 268. The van der Waals surface area contributed by atoms with Crippen molar-refractivity contribution in [2.24, 2.45) is 0 Å². The largest absolute Gasteiger partial charge is 0.230 e. The van der Waals surface area contributed by atoms with Gasteiger partial charge in [0.25, 0.3) is 0 Å². The van der Waals surface area contributed by atoms with Gasteiger partial charge in [0.05, 0.1) is 0 Å². The van der Waals surface area contributed by atoms with Crippen LogP contribution < -0.4 is 0 Å². The normalized spacial score (nSPS) is 9.71. The molecule has 1 rings (SSSR count). The van der Waals surface area contributed by atoms with Gasteiger partial charge in [-0.2, -0.15) is 0 Å². The Morgan fingerprint density at radius 1 is 0.857 bits per heavy atom. The monoisotopic (exact) mass is 226 g/mol. The molecule has 0 amide bonds. The van der Waals surface area contributed by atoms with Crippen molar-refractivity contribution in [1.29, 1.82) is 0 Å². The van der Waals surface area contributed by atoms with Crippen LogP contribution in [0.25, 0.3) is 0 Å². The number of thioether (sulfide) groups is 2. The van der Waals surface area contributed by atoms with Crippen LogP contribution in [0, 0.1) is 0 Å². The maximum absolute atomic E-state index is 3.91. The molecular weight excluding hydrogens is 216 g/mol. The first-order valence-electron chi connectivity index (χ1n) is 3.91. The van der Waals surface area contributed by atoms with Crippen LogP contribution in [0.2, 0.25) is 0 Å². The minimum absolute atomic E-state index is 0.577. The van der Waals surface area contributed by atoms with E-state index < -0.39 is 0 Å². The van der Waals surface area contributed by atoms with E-state index in [9.17, 15) is 0 Å². The van der Waals surface area contributed by atoms with E-state index in [1.54, 1.807) is 12.2 Å². The molecule has 0 fully saturated rings. The first kappa shape index (κ1) is 11.2. The third-order valence-corrected chi connectivity index (χ3v) is 2.75. The predicted octanol–water partition coefficient (Wildman–Crippen LogP) is 1.82. The summed E-state index contributed by atoms with van der Waals surface area (Å²) in [5, 5.41) is 16.8. The molecule has 74 valence electrons. The Labute approximate surface area is 91.3 Å². The Morgan fingerprint density at radius 2 is 1.21 bits per heavy atom. The highest BCUT2D eigenvalue weighted by Crippen LogP contribution is 2.13. The van der Waals surface area contributed by atoms with Crippen LogP contribution >= 0.6 is 23.5 Å². The predicted molar refractivity (Wildman–Crippen MR) is 59.5 cm³/mol. The van der Waals surface area contributed by atoms with Gasteiger partial charge in [0, 0.05) is 11.5 Å². The van der Waals surface area contributed by atoms with Gasteiger partial charge in [0.1, 0.15) is 0 Å². The smallest absolute Gasteiger partial charge is 0.119 e. The van der Waals surface area contributed by atoms with Crippen LogP contribution in [0.4, 0.5) is 0 Å². The summed E-state index contributed by atoms with van der Waals surface area (Å²) in [6, 6.07) is 0. The molecule has 0 bridgehead atoms. The fourth-order valence-corrected chi connectivity index (χ4v) is 1.52. The topological polar surface area (TPSA) is 51.6 Å². The number of nitrogens with zero attached hydrogens (tertiary/aromatic N) is 4. The Morgan fingerprint density at radius 3 is 1.50 bits per heavy atom. The van der Waals surface area contributed by atoms with Crippen LogP contribution in [-0.4, -0.2) is 31.9 Å². The van der Waals surface area contributed by atoms with Gasteiger partial charge < -0.3 is 0 Å². The molecule has 6 heteroatoms. The van der Waals surface area contributed by atoms with Crippen molar-refractivity contribution >= 4 is 23.5 Å². The lowest BCUT2D eigenvalue weighted by atomic mass is 10.8. The van der Waals surface area contributed by atoms with Crippen LogP contribution in [0.15, 0.2) is 35.6 Å². The van der Waals surface area contributed by atoms with Gasteiger partial charge in [-0.1, -0.05) is 35.7 Å². The number of aromatic nitrogens is 4. The van der Waals surface area contributed by atoms with Crippen molar-refractivity contribution in [3.8, 4) is 0 Å². The Hall–Kier alpha value is -0.880. The van der Waals surface area contributed by atoms with Crippen LogP contribution in [0.1, 0.15) is 0 Å². The van der Waals surface area contributed by atoms with E-state index in [2.05, 4.69) is 33.6 Å². The molecule has 0 N–H and O–H groups in total. The number of hydrogen-bond acceptors (Lipinski definition) is 6. The Kier molecular flexibility index (Phi) is 5.24. The second kappa shape index (κ2) is 6.56. The maximum Gasteiger partial charge on any atom is 0.230 e. The summed E-state index contributed by atoms with van der Waals surface area (Å²) in [5.74, 6) is 1.53. The maximum atomic E-state index is 3.91. The average molecular weight is 226 g/mol. The molecule has 0 saturated carbocycles. The standard InChI is InChI=1S/C8H10N4S2/c1-3-5-13-7-9-11-8(12-10-7)14-6-4-2/h3-4H,1-2,5-6H2. The van der Waals surface area contributed by atoms with Gasteiger partial charge in [0.2, 0.25) is 10.3 Å². The van der Waals surface area contributed by atoms with Crippen molar-refractivity contribution < 1.29 is 0 Å². The molecule has 0 radical (unpaired) electrons. The summed E-state index contributed by atoms with van der Waals surface area (Å²) < 4.78 is 0. The molecular formula is C8H10N4S2. The van der Waals surface area contributed by atoms with Gasteiger partial charge in [-0.15, -0.1) is 33.6 Å². The van der Waals surface area contributed by atoms with Crippen molar-refractivity contribution in [3.63, 3.8) is 0 Å². The van der Waals surface area contributed by atoms with E-state index in [-0.39, 0.29) is 0 Å². The molecule has 0 atom stereocenters. The zero-order valence-electron chi connectivity index (χ0n) is 7.59. The average Bonchev–Trinajstić information content (AvgIpc) is 2.25. The molecule has 1 heterocycles. The highest BCUT2D eigenvalue weighted by atomic mass is 32.2. The zero-order chi connectivity index (χ0) is 10.2. The van der Waals surface area contributed by atoms with Gasteiger partial charge in [0.15, 0.2) is 0 Å². The molecule has 14 heavy (non-hydrogen) atoms. The summed E-state index contributed by atoms with van der Waals surface area (Å²) in [6.45, 7) is 7.20. The molecule has 0 aliphatic heterocycles. The lowest BCUT2D eigenvalue weighted by molar-refractivity contribution is 0.666. The quantitative estimate of drug-likeness (QED) is 0.545. The molecule has 1 aromatic rings. The summed E-state index contributed by atoms with van der Waals surface area (Å²) in [4.78, 5) is 0. The molecule has 0 aliphatic carbocycles. The van der Waals surface area contributed by atoms with Crippen LogP contribution in [0.5, 0.6) is 0 Å². The minimum Gasteiger partial charge on any atom is -0.119 e. The number of hydrogen-bond donors (Lipinski definition) is 0. The third kappa shape index (κ3) is 3.89. The summed E-state index contributed by atoms with van der Waals surface area (Å²) >= 11 is 2.92. The van der Waals surface area contributed by atoms with Gasteiger partial charge >= 0.3 is 0 Å². The summed E-state index contributed by atoms with van der Waals surface area (Å²) in [5.41, 5.74) is 0. The lowest BCUT2D eigenvalue weighted by Gasteiger charge is -1.95. The Balaban J connectivity index is 2.49. The fraction of sp³-hybridized carbons (Fsp3) is 0.250. The van der Waals surface area contributed by atoms with Crippen molar-refractivity contribution in [2.75, 3.05) is 11.5 Å². The van der Waals surface area contributed by atoms with Crippen molar-refractivity contribution in [2.45, 2.75) is 10.3 Å². The van der Waals surface area contributed by atoms with E-state index in [0.29, 0.717) is 10.3 Å². The summed E-state index contributed by atoms with van der Waals surface area (Å²) in [7, 11) is 0. The first-order valence-corrected chi connectivity index (χ1v) is 5.88. The first-order chi connectivity index (χ1) is 6.86. The summed E-state index contributed by atoms with van der Waals surface area (Å²) in [6.07, 6.45) is 3.57. The van der Waals surface area contributed by atoms with Gasteiger partial charge in [-0.05, 0) is 0 Å². The highest BCUT2D eigenvalue weighted by molar-refractivity contribution is 7.99. The van der Waals surface area contributed by atoms with Gasteiger partial charge in [-0.25, -0.2) is 0 Å². The SMILES string of the molecule is C=CCSc1nnc(SCC=C)nn1. The second-order valence-corrected chi connectivity index (χ2v) is 4.14. The van der Waals surface area contributed by atoms with E-state index >= 15 is 0 Å². The van der Waals surface area contributed by atoms with E-state index in [4.69, 9.17) is 0 Å². The van der Waals surface area contributed by atoms with E-state index in [1.165, 1.54) is 23.5 Å². The van der Waals surface area contributed by atoms with E-state index in [1.807, 2.05) is 0 Å². The van der Waals surface area contributed by atoms with E-state index in [0.717, 1.165) is 11.5 Å². The third-order valence-electron chi connectivity index (χ3n) is 1.10. The highest BCUT2D eigenvalue weighted by Gasteiger charge is 2.00. The second-order valence-electron chi connectivity index (χ2n) is 2.16. The molecule has 0 unspecified atom stereocenters. The van der Waals surface area contributed by atoms with Crippen molar-refractivity contribution in [3.05, 3.63) is 25.3 Å². The number of rotatable bonds is 6. The molecule has 0 saturated heterocycles. The molecule has 1 aromatic heterocycles. The molecule has 0 aromatic carbocycles. The molecule has 0 spiro atoms. The van der Waals surface area contributed by atoms with Crippen molar-refractivity contribution in [1.82, 2.24) is 20.4 Å². The zero-order valence-corrected chi connectivity index (χ0v) is 9.22. The minimum atomic E-state index is 0.577. The fourth-order valence-electron chi connectivity index (χ4n) is 0.593. The van der Waals surface area contributed by atoms with Crippen LogP contribution in [-0.2, 0) is 0 Å². The molecule has 4 nitrogen and oxygen atoms in total.